The molecule has 0 radical (unpaired) electrons. The summed E-state index contributed by atoms with van der Waals surface area (Å²) in [5, 5.41) is 9.20. The van der Waals surface area contributed by atoms with Crippen LogP contribution in [0.4, 0.5) is 45.3 Å². The van der Waals surface area contributed by atoms with Crippen LogP contribution in [-0.2, 0) is 15.1 Å². The number of carboxylic acid groups (broad SMARTS) is 1. The summed E-state index contributed by atoms with van der Waals surface area (Å²) in [5.74, 6) is -5.44. The predicted molar refractivity (Wildman–Crippen MR) is 107 cm³/mol. The number of carboxylic acids is 1. The number of aliphatic carboxylic acids is 1. The van der Waals surface area contributed by atoms with Crippen molar-refractivity contribution in [2.24, 2.45) is 10.7 Å². The average molecular weight is 562 g/mol. The van der Waals surface area contributed by atoms with Gasteiger partial charge in [-0.25, -0.2) is 32.9 Å². The number of amidine groups is 1. The van der Waals surface area contributed by atoms with Gasteiger partial charge in [-0.15, -0.1) is 0 Å². The highest BCUT2D eigenvalue weighted by Crippen LogP contribution is 2.39. The number of halogens is 9. The van der Waals surface area contributed by atoms with Crippen LogP contribution in [0.1, 0.15) is 41.6 Å². The fourth-order valence-electron chi connectivity index (χ4n) is 2.78. The number of aliphatic imine (C=N–C) groups is 1. The van der Waals surface area contributed by atoms with Crippen molar-refractivity contribution in [1.29, 1.82) is 0 Å². The second-order valence-corrected chi connectivity index (χ2v) is 7.47. The summed E-state index contributed by atoms with van der Waals surface area (Å²) < 4.78 is 116. The number of alkyl halides is 8. The molecule has 0 aliphatic carbocycles. The Hall–Kier alpha value is -4.19. The fourth-order valence-corrected chi connectivity index (χ4v) is 2.78. The summed E-state index contributed by atoms with van der Waals surface area (Å²) >= 11 is 0. The molecule has 2 aromatic heterocycles. The van der Waals surface area contributed by atoms with Crippen LogP contribution in [-0.4, -0.2) is 56.4 Å². The van der Waals surface area contributed by atoms with Crippen molar-refractivity contribution in [3.8, 4) is 0 Å². The molecule has 0 aromatic carbocycles. The maximum Gasteiger partial charge on any atom is 0.490 e. The van der Waals surface area contributed by atoms with Crippen LogP contribution in [0.25, 0.3) is 0 Å². The zero-order chi connectivity index (χ0) is 29.1. The standard InChI is InChI=1S/C17H14F6N6O2.C2HF3O2/c1-16(4-11(17(21,22)23)28-15(24)31-16)10-3-2-7(18)13(27-10)29-14(30)9-6-25-8(5-26-9)12(19)20;3-2(4,5)1(6)7/h2-3,5-6,11-12H,4H2,1H3,(H2,24,28)(H,27,29,30);(H,6,7)/t11-,16-;/m0./s1. The van der Waals surface area contributed by atoms with E-state index in [9.17, 15) is 44.3 Å². The number of carbonyl (C=O) groups is 2. The van der Waals surface area contributed by atoms with E-state index in [4.69, 9.17) is 20.4 Å². The summed E-state index contributed by atoms with van der Waals surface area (Å²) in [6, 6.07) is -0.946. The summed E-state index contributed by atoms with van der Waals surface area (Å²) in [5.41, 5.74) is 2.42. The van der Waals surface area contributed by atoms with Crippen molar-refractivity contribution in [1.82, 2.24) is 15.0 Å². The Bertz CT molecular complexity index is 1200. The lowest BCUT2D eigenvalue weighted by molar-refractivity contribution is -0.192. The smallest absolute Gasteiger partial charge is 0.475 e. The minimum Gasteiger partial charge on any atom is -0.475 e. The quantitative estimate of drug-likeness (QED) is 0.477. The van der Waals surface area contributed by atoms with Crippen molar-refractivity contribution < 1.29 is 58.9 Å². The van der Waals surface area contributed by atoms with Crippen molar-refractivity contribution in [2.45, 2.75) is 43.8 Å². The van der Waals surface area contributed by atoms with E-state index in [0.29, 0.717) is 6.20 Å². The first kappa shape index (κ1) is 30.0. The van der Waals surface area contributed by atoms with Gasteiger partial charge in [-0.1, -0.05) is 0 Å². The number of carbonyl (C=O) groups excluding carboxylic acids is 1. The molecule has 38 heavy (non-hydrogen) atoms. The minimum atomic E-state index is -5.08. The number of aromatic nitrogens is 3. The zero-order valence-corrected chi connectivity index (χ0v) is 18.6. The average Bonchev–Trinajstić information content (AvgIpc) is 2.79. The fraction of sp³-hybridized carbons (Fsp3) is 0.368. The second kappa shape index (κ2) is 11.1. The third-order valence-corrected chi connectivity index (χ3v) is 4.56. The van der Waals surface area contributed by atoms with Crippen LogP contribution in [0.5, 0.6) is 0 Å². The molecule has 1 amide bonds. The van der Waals surface area contributed by atoms with E-state index >= 15 is 0 Å². The van der Waals surface area contributed by atoms with Crippen LogP contribution in [0, 0.1) is 5.82 Å². The van der Waals surface area contributed by atoms with Gasteiger partial charge < -0.3 is 20.9 Å². The van der Waals surface area contributed by atoms with Gasteiger partial charge in [0.2, 0.25) is 0 Å². The number of amides is 1. The molecule has 2 aromatic rings. The Morgan fingerprint density at radius 3 is 2.24 bits per heavy atom. The van der Waals surface area contributed by atoms with Crippen molar-refractivity contribution in [3.63, 3.8) is 0 Å². The third-order valence-electron chi connectivity index (χ3n) is 4.56. The number of anilines is 1. The van der Waals surface area contributed by atoms with Crippen LogP contribution in [0.3, 0.4) is 0 Å². The highest BCUT2D eigenvalue weighted by molar-refractivity contribution is 6.02. The Morgan fingerprint density at radius 2 is 1.76 bits per heavy atom. The number of pyridine rings is 1. The van der Waals surface area contributed by atoms with E-state index in [1.165, 1.54) is 6.92 Å². The number of nitrogens with zero attached hydrogens (tertiary/aromatic N) is 4. The molecule has 0 saturated heterocycles. The van der Waals surface area contributed by atoms with E-state index in [0.717, 1.165) is 18.3 Å². The highest BCUT2D eigenvalue weighted by Gasteiger charge is 2.49. The molecule has 0 unspecified atom stereocenters. The number of rotatable bonds is 4. The molecule has 3 rings (SSSR count). The van der Waals surface area contributed by atoms with Gasteiger partial charge in [-0.2, -0.15) is 26.3 Å². The Labute approximate surface area is 205 Å². The van der Waals surface area contributed by atoms with Gasteiger partial charge in [0.25, 0.3) is 18.4 Å². The number of nitrogens with one attached hydrogen (secondary N) is 1. The van der Waals surface area contributed by atoms with E-state index < -0.39 is 77.8 Å². The molecular weight excluding hydrogens is 547 g/mol. The first-order valence-electron chi connectivity index (χ1n) is 9.81. The molecule has 0 fully saturated rings. The summed E-state index contributed by atoms with van der Waals surface area (Å²) in [4.78, 5) is 35.1. The molecule has 208 valence electrons. The normalized spacial score (nSPS) is 19.6. The van der Waals surface area contributed by atoms with Gasteiger partial charge >= 0.3 is 18.3 Å². The molecule has 0 bridgehead atoms. The van der Waals surface area contributed by atoms with E-state index in [2.05, 4.69) is 25.3 Å². The predicted octanol–water partition coefficient (Wildman–Crippen LogP) is 3.72. The lowest BCUT2D eigenvalue weighted by Gasteiger charge is -2.36. The van der Waals surface area contributed by atoms with E-state index in [1.54, 1.807) is 0 Å². The van der Waals surface area contributed by atoms with Gasteiger partial charge in [0.05, 0.1) is 18.1 Å². The molecule has 1 aliphatic heterocycles. The van der Waals surface area contributed by atoms with Gasteiger partial charge in [0, 0.05) is 6.42 Å². The SMILES string of the molecule is C[C@@]1(c2ccc(F)c(NC(=O)c3cnc(C(F)F)cn3)n2)C[C@@H](C(F)(F)F)N=C(N)O1.O=C(O)C(F)(F)F. The van der Waals surface area contributed by atoms with Gasteiger partial charge in [0.1, 0.15) is 11.4 Å². The maximum absolute atomic E-state index is 14.2. The molecule has 2 atom stereocenters. The Morgan fingerprint density at radius 1 is 1.16 bits per heavy atom. The minimum absolute atomic E-state index is 0.157. The second-order valence-electron chi connectivity index (χ2n) is 7.47. The molecule has 4 N–H and O–H groups in total. The highest BCUT2D eigenvalue weighted by atomic mass is 19.4. The zero-order valence-electron chi connectivity index (χ0n) is 18.6. The number of nitrogens with two attached hydrogens (primary N) is 1. The summed E-state index contributed by atoms with van der Waals surface area (Å²) in [6.07, 6.45) is -11.9. The first-order chi connectivity index (χ1) is 17.3. The van der Waals surface area contributed by atoms with Crippen LogP contribution >= 0.6 is 0 Å². The molecule has 10 nitrogen and oxygen atoms in total. The van der Waals surface area contributed by atoms with Crippen molar-refractivity contribution >= 4 is 23.7 Å². The Balaban J connectivity index is 0.000000638. The molecule has 3 heterocycles. The monoisotopic (exact) mass is 562 g/mol. The van der Waals surface area contributed by atoms with Crippen LogP contribution in [0.2, 0.25) is 0 Å². The largest absolute Gasteiger partial charge is 0.490 e. The number of hydrogen-bond donors (Lipinski definition) is 3. The van der Waals surface area contributed by atoms with Gasteiger partial charge in [-0.05, 0) is 19.1 Å². The molecular formula is C19H15F9N6O4. The number of ether oxygens (including phenoxy) is 1. The third kappa shape index (κ3) is 7.65. The van der Waals surface area contributed by atoms with Gasteiger partial charge in [-0.3, -0.25) is 9.78 Å². The van der Waals surface area contributed by atoms with Crippen LogP contribution in [0.15, 0.2) is 29.5 Å². The lowest BCUT2D eigenvalue weighted by atomic mass is 9.91. The first-order valence-corrected chi connectivity index (χ1v) is 9.81. The topological polar surface area (TPSA) is 153 Å². The van der Waals surface area contributed by atoms with E-state index in [-0.39, 0.29) is 5.69 Å². The summed E-state index contributed by atoms with van der Waals surface area (Å²) in [6.45, 7) is 1.26. The maximum atomic E-state index is 14.2. The Kier molecular flexibility index (Phi) is 8.74. The molecule has 1 aliphatic rings. The molecule has 0 spiro atoms. The molecule has 0 saturated carbocycles. The van der Waals surface area contributed by atoms with E-state index in [1.807, 2.05) is 0 Å². The summed E-state index contributed by atoms with van der Waals surface area (Å²) in [7, 11) is 0. The van der Waals surface area contributed by atoms with Crippen molar-refractivity contribution in [2.75, 3.05) is 5.32 Å². The lowest BCUT2D eigenvalue weighted by Crippen LogP contribution is -2.46. The van der Waals surface area contributed by atoms with Crippen molar-refractivity contribution in [3.05, 3.63) is 47.4 Å². The van der Waals surface area contributed by atoms with Gasteiger partial charge in [0.15, 0.2) is 23.3 Å². The molecule has 19 heteroatoms. The number of hydrogen-bond acceptors (Lipinski definition) is 8. The van der Waals surface area contributed by atoms with Crippen LogP contribution < -0.4 is 11.1 Å².